The molecule has 0 aliphatic carbocycles. The van der Waals surface area contributed by atoms with Crippen molar-refractivity contribution in [2.75, 3.05) is 6.54 Å². The fourth-order valence-corrected chi connectivity index (χ4v) is 2.27. The van der Waals surface area contributed by atoms with Crippen LogP contribution in [0.1, 0.15) is 18.4 Å². The molecule has 0 atom stereocenters. The summed E-state index contributed by atoms with van der Waals surface area (Å²) >= 11 is 0. The number of benzene rings is 1. The summed E-state index contributed by atoms with van der Waals surface area (Å²) in [4.78, 5) is 17.2. The van der Waals surface area contributed by atoms with Gasteiger partial charge >= 0.3 is 0 Å². The highest BCUT2D eigenvalue weighted by Crippen LogP contribution is 2.27. The van der Waals surface area contributed by atoms with E-state index in [9.17, 15) is 13.6 Å². The van der Waals surface area contributed by atoms with E-state index in [0.717, 1.165) is 6.07 Å². The zero-order valence-electron chi connectivity index (χ0n) is 10.8. The summed E-state index contributed by atoms with van der Waals surface area (Å²) in [5, 5.41) is 0. The average Bonchev–Trinajstić information content (AvgIpc) is 2.80. The predicted molar refractivity (Wildman–Crippen MR) is 66.7 cm³/mol. The number of aromatic nitrogens is 1. The molecule has 104 valence electrons. The van der Waals surface area contributed by atoms with Crippen molar-refractivity contribution in [2.24, 2.45) is 0 Å². The molecule has 1 aromatic carbocycles. The van der Waals surface area contributed by atoms with Crippen LogP contribution in [0.5, 0.6) is 0 Å². The zero-order chi connectivity index (χ0) is 14.3. The molecule has 1 amide bonds. The van der Waals surface area contributed by atoms with E-state index in [1.54, 1.807) is 4.90 Å². The first-order valence-corrected chi connectivity index (χ1v) is 6.23. The molecule has 4 nitrogen and oxygen atoms in total. The number of hydrogen-bond donors (Lipinski definition) is 0. The van der Waals surface area contributed by atoms with Crippen molar-refractivity contribution in [1.29, 1.82) is 0 Å². The highest BCUT2D eigenvalue weighted by atomic mass is 19.1. The Hall–Kier alpha value is -2.24. The van der Waals surface area contributed by atoms with E-state index in [4.69, 9.17) is 4.42 Å². The number of rotatable bonds is 1. The molecule has 0 radical (unpaired) electrons. The molecular formula is C14H12F2N2O2. The Bertz CT molecular complexity index is 662. The van der Waals surface area contributed by atoms with Gasteiger partial charge in [-0.3, -0.25) is 4.79 Å². The number of halogens is 2. The molecule has 0 fully saturated rings. The van der Waals surface area contributed by atoms with Crippen LogP contribution in [0.15, 0.2) is 22.6 Å². The minimum atomic E-state index is -0.679. The Morgan fingerprint density at radius 2 is 2.00 bits per heavy atom. The van der Waals surface area contributed by atoms with Gasteiger partial charge in [-0.2, -0.15) is 0 Å². The number of carbonyl (C=O) groups is 1. The fraction of sp³-hybridized carbons (Fsp3) is 0.286. The van der Waals surface area contributed by atoms with Gasteiger partial charge in [0, 0.05) is 31.5 Å². The summed E-state index contributed by atoms with van der Waals surface area (Å²) in [6, 6.07) is 3.13. The molecule has 2 heterocycles. The molecular weight excluding hydrogens is 266 g/mol. The van der Waals surface area contributed by atoms with Gasteiger partial charge in [0.15, 0.2) is 0 Å². The zero-order valence-corrected chi connectivity index (χ0v) is 10.8. The van der Waals surface area contributed by atoms with Crippen LogP contribution in [-0.4, -0.2) is 22.3 Å². The summed E-state index contributed by atoms with van der Waals surface area (Å²) in [6.45, 7) is 2.42. The van der Waals surface area contributed by atoms with Crippen LogP contribution in [0.4, 0.5) is 8.78 Å². The Morgan fingerprint density at radius 3 is 2.65 bits per heavy atom. The average molecular weight is 278 g/mol. The van der Waals surface area contributed by atoms with Crippen molar-refractivity contribution in [3.63, 3.8) is 0 Å². The van der Waals surface area contributed by atoms with Crippen molar-refractivity contribution >= 4 is 5.91 Å². The molecule has 0 saturated carbocycles. The molecule has 0 bridgehead atoms. The molecule has 0 unspecified atom stereocenters. The molecule has 6 heteroatoms. The molecule has 2 aromatic rings. The fourth-order valence-electron chi connectivity index (χ4n) is 2.27. The summed E-state index contributed by atoms with van der Waals surface area (Å²) < 4.78 is 32.0. The van der Waals surface area contributed by atoms with Crippen LogP contribution in [-0.2, 0) is 17.8 Å². The van der Waals surface area contributed by atoms with Crippen LogP contribution >= 0.6 is 0 Å². The Labute approximate surface area is 114 Å². The smallest absolute Gasteiger partial charge is 0.226 e. The molecule has 1 aliphatic rings. The summed E-state index contributed by atoms with van der Waals surface area (Å²) in [5.74, 6) is -0.541. The van der Waals surface area contributed by atoms with Crippen LogP contribution in [0.2, 0.25) is 0 Å². The Balaban J connectivity index is 1.96. The van der Waals surface area contributed by atoms with E-state index < -0.39 is 11.6 Å². The molecule has 1 aliphatic heterocycles. The second-order valence-corrected chi connectivity index (χ2v) is 4.74. The number of amides is 1. The van der Waals surface area contributed by atoms with Crippen molar-refractivity contribution in [2.45, 2.75) is 19.9 Å². The molecule has 0 saturated heterocycles. The second kappa shape index (κ2) is 4.70. The normalized spacial score (nSPS) is 14.2. The van der Waals surface area contributed by atoms with E-state index >= 15 is 0 Å². The minimum Gasteiger partial charge on any atom is -0.441 e. The number of fused-ring (bicyclic) bond motifs is 1. The van der Waals surface area contributed by atoms with Gasteiger partial charge in [-0.1, -0.05) is 0 Å². The lowest BCUT2D eigenvalue weighted by Crippen LogP contribution is -2.33. The molecule has 3 rings (SSSR count). The molecule has 0 spiro atoms. The van der Waals surface area contributed by atoms with Gasteiger partial charge in [-0.15, -0.1) is 0 Å². The van der Waals surface area contributed by atoms with Gasteiger partial charge in [0.25, 0.3) is 0 Å². The number of hydrogen-bond acceptors (Lipinski definition) is 3. The van der Waals surface area contributed by atoms with Gasteiger partial charge in [-0.25, -0.2) is 13.8 Å². The maximum absolute atomic E-state index is 13.2. The lowest BCUT2D eigenvalue weighted by molar-refractivity contribution is -0.129. The molecule has 20 heavy (non-hydrogen) atoms. The van der Waals surface area contributed by atoms with Crippen LogP contribution in [0.25, 0.3) is 11.5 Å². The molecule has 0 N–H and O–H groups in total. The van der Waals surface area contributed by atoms with Gasteiger partial charge < -0.3 is 9.32 Å². The van der Waals surface area contributed by atoms with Crippen LogP contribution in [0.3, 0.4) is 0 Å². The van der Waals surface area contributed by atoms with E-state index in [-0.39, 0.29) is 17.4 Å². The largest absolute Gasteiger partial charge is 0.441 e. The van der Waals surface area contributed by atoms with E-state index in [2.05, 4.69) is 4.98 Å². The summed E-state index contributed by atoms with van der Waals surface area (Å²) in [5.41, 5.74) is 0.900. The number of nitrogens with zero attached hydrogens (tertiary/aromatic N) is 2. The second-order valence-electron chi connectivity index (χ2n) is 4.74. The third-order valence-corrected chi connectivity index (χ3v) is 3.28. The number of oxazole rings is 1. The quantitative estimate of drug-likeness (QED) is 0.805. The minimum absolute atomic E-state index is 0.0306. The summed E-state index contributed by atoms with van der Waals surface area (Å²) in [6.07, 6.45) is 0.555. The predicted octanol–water partition coefficient (Wildman–Crippen LogP) is 2.52. The van der Waals surface area contributed by atoms with Crippen LogP contribution in [0, 0.1) is 11.6 Å². The monoisotopic (exact) mass is 278 g/mol. The highest BCUT2D eigenvalue weighted by molar-refractivity contribution is 5.73. The highest BCUT2D eigenvalue weighted by Gasteiger charge is 2.24. The van der Waals surface area contributed by atoms with Crippen LogP contribution < -0.4 is 0 Å². The topological polar surface area (TPSA) is 46.3 Å². The summed E-state index contributed by atoms with van der Waals surface area (Å²) in [7, 11) is 0. The van der Waals surface area contributed by atoms with Gasteiger partial charge in [0.1, 0.15) is 23.1 Å². The van der Waals surface area contributed by atoms with Crippen molar-refractivity contribution in [1.82, 2.24) is 9.88 Å². The van der Waals surface area contributed by atoms with E-state index in [1.165, 1.54) is 19.1 Å². The van der Waals surface area contributed by atoms with E-state index in [0.29, 0.717) is 31.0 Å². The first kappa shape index (κ1) is 12.8. The third kappa shape index (κ3) is 2.29. The molecule has 1 aromatic heterocycles. The van der Waals surface area contributed by atoms with Gasteiger partial charge in [0.05, 0.1) is 6.54 Å². The maximum Gasteiger partial charge on any atom is 0.226 e. The van der Waals surface area contributed by atoms with Gasteiger partial charge in [-0.05, 0) is 12.1 Å². The van der Waals surface area contributed by atoms with E-state index in [1.807, 2.05) is 0 Å². The lowest BCUT2D eigenvalue weighted by Gasteiger charge is -2.23. The lowest BCUT2D eigenvalue weighted by atomic mass is 10.1. The standard InChI is InChI=1S/C14H12F2N2O2/c1-8(19)18-3-2-13-12(7-18)17-14(20-13)9-4-10(15)6-11(16)5-9/h4-6H,2-3,7H2,1H3. The third-order valence-electron chi connectivity index (χ3n) is 3.28. The Morgan fingerprint density at radius 1 is 1.30 bits per heavy atom. The number of carbonyl (C=O) groups excluding carboxylic acids is 1. The first-order chi connectivity index (χ1) is 9.52. The SMILES string of the molecule is CC(=O)N1CCc2oc(-c3cc(F)cc(F)c3)nc2C1. The van der Waals surface area contributed by atoms with Gasteiger partial charge in [0.2, 0.25) is 11.8 Å². The van der Waals surface area contributed by atoms with Crippen molar-refractivity contribution in [3.05, 3.63) is 41.3 Å². The van der Waals surface area contributed by atoms with Crippen molar-refractivity contribution in [3.8, 4) is 11.5 Å². The maximum atomic E-state index is 13.2. The Kier molecular flexibility index (Phi) is 3.00. The first-order valence-electron chi connectivity index (χ1n) is 6.23. The van der Waals surface area contributed by atoms with Crippen molar-refractivity contribution < 1.29 is 18.0 Å².